The second kappa shape index (κ2) is 8.07. The summed E-state index contributed by atoms with van der Waals surface area (Å²) in [6.45, 7) is 3.28. The number of hydrogen-bond acceptors (Lipinski definition) is 6. The quantitative estimate of drug-likeness (QED) is 0.741. The molecule has 102 valence electrons. The number of halogens is 1. The van der Waals surface area contributed by atoms with Crippen LogP contribution in [0.2, 0.25) is 5.02 Å². The van der Waals surface area contributed by atoms with Crippen molar-refractivity contribution in [2.75, 3.05) is 58.1 Å². The molecule has 0 saturated heterocycles. The molecule has 1 heterocycles. The number of ether oxygens (including phenoxy) is 1. The van der Waals surface area contributed by atoms with Crippen LogP contribution in [0.1, 0.15) is 0 Å². The lowest BCUT2D eigenvalue weighted by Gasteiger charge is -2.16. The molecule has 6 nitrogen and oxygen atoms in total. The van der Waals surface area contributed by atoms with Crippen LogP contribution in [0.4, 0.5) is 11.8 Å². The summed E-state index contributed by atoms with van der Waals surface area (Å²) in [5.41, 5.74) is 0. The van der Waals surface area contributed by atoms with Gasteiger partial charge in [0, 0.05) is 33.8 Å². The largest absolute Gasteiger partial charge is 0.383 e. The number of rotatable bonds is 8. The third-order valence-corrected chi connectivity index (χ3v) is 2.71. The number of anilines is 2. The lowest BCUT2D eigenvalue weighted by molar-refractivity contribution is 0.163. The van der Waals surface area contributed by atoms with Gasteiger partial charge in [0.15, 0.2) is 5.82 Å². The maximum absolute atomic E-state index is 6.00. The zero-order valence-electron chi connectivity index (χ0n) is 11.0. The van der Waals surface area contributed by atoms with Crippen molar-refractivity contribution >= 4 is 23.4 Å². The van der Waals surface area contributed by atoms with Gasteiger partial charge < -0.3 is 20.3 Å². The predicted octanol–water partition coefficient (Wildman–Crippen LogP) is 1.16. The molecule has 18 heavy (non-hydrogen) atoms. The van der Waals surface area contributed by atoms with Crippen LogP contribution in [0, 0.1) is 0 Å². The van der Waals surface area contributed by atoms with Crippen LogP contribution in [-0.4, -0.2) is 62.3 Å². The van der Waals surface area contributed by atoms with E-state index < -0.39 is 0 Å². The molecule has 1 aromatic heterocycles. The van der Waals surface area contributed by atoms with Gasteiger partial charge in [0.1, 0.15) is 5.02 Å². The Morgan fingerprint density at radius 3 is 2.89 bits per heavy atom. The van der Waals surface area contributed by atoms with Gasteiger partial charge in [-0.2, -0.15) is 4.98 Å². The molecule has 1 aromatic rings. The Labute approximate surface area is 113 Å². The fourth-order valence-electron chi connectivity index (χ4n) is 1.34. The summed E-state index contributed by atoms with van der Waals surface area (Å²) in [5, 5.41) is 6.59. The van der Waals surface area contributed by atoms with Crippen molar-refractivity contribution in [3.63, 3.8) is 0 Å². The van der Waals surface area contributed by atoms with Crippen molar-refractivity contribution in [2.24, 2.45) is 0 Å². The Balaban J connectivity index is 2.38. The number of methoxy groups -OCH3 is 1. The van der Waals surface area contributed by atoms with Crippen LogP contribution in [0.5, 0.6) is 0 Å². The maximum Gasteiger partial charge on any atom is 0.224 e. The van der Waals surface area contributed by atoms with E-state index in [0.717, 1.165) is 26.2 Å². The summed E-state index contributed by atoms with van der Waals surface area (Å²) in [6, 6.07) is 0. The summed E-state index contributed by atoms with van der Waals surface area (Å²) >= 11 is 6.00. The van der Waals surface area contributed by atoms with Crippen molar-refractivity contribution in [3.05, 3.63) is 11.2 Å². The smallest absolute Gasteiger partial charge is 0.224 e. The van der Waals surface area contributed by atoms with Gasteiger partial charge >= 0.3 is 0 Å². The Morgan fingerprint density at radius 2 is 2.22 bits per heavy atom. The molecule has 0 aliphatic carbocycles. The summed E-state index contributed by atoms with van der Waals surface area (Å²) in [7, 11) is 5.51. The second-order valence-corrected chi connectivity index (χ2v) is 4.27. The highest BCUT2D eigenvalue weighted by Gasteiger charge is 2.04. The van der Waals surface area contributed by atoms with E-state index in [2.05, 4.69) is 25.5 Å². The lowest BCUT2D eigenvalue weighted by Crippen LogP contribution is -2.28. The molecule has 0 fully saturated rings. The molecule has 7 heteroatoms. The highest BCUT2D eigenvalue weighted by molar-refractivity contribution is 6.32. The molecule has 0 bridgehead atoms. The third kappa shape index (κ3) is 5.03. The highest BCUT2D eigenvalue weighted by Crippen LogP contribution is 2.18. The van der Waals surface area contributed by atoms with Gasteiger partial charge in [0.25, 0.3) is 0 Å². The van der Waals surface area contributed by atoms with Gasteiger partial charge in [-0.1, -0.05) is 11.6 Å². The topological polar surface area (TPSA) is 62.3 Å². The van der Waals surface area contributed by atoms with E-state index in [0.29, 0.717) is 16.8 Å². The molecule has 0 amide bonds. The second-order valence-electron chi connectivity index (χ2n) is 3.86. The molecule has 0 atom stereocenters. The minimum Gasteiger partial charge on any atom is -0.383 e. The molecule has 0 aromatic carbocycles. The first-order chi connectivity index (χ1) is 8.67. The summed E-state index contributed by atoms with van der Waals surface area (Å²) in [6.07, 6.45) is 1.58. The lowest BCUT2D eigenvalue weighted by atomic mass is 10.5. The summed E-state index contributed by atoms with van der Waals surface area (Å²) in [5.74, 6) is 1.20. The normalized spacial score (nSPS) is 10.7. The third-order valence-electron chi connectivity index (χ3n) is 2.43. The van der Waals surface area contributed by atoms with Crippen molar-refractivity contribution in [1.82, 2.24) is 14.9 Å². The van der Waals surface area contributed by atoms with Crippen LogP contribution in [0.25, 0.3) is 0 Å². The van der Waals surface area contributed by atoms with E-state index in [4.69, 9.17) is 16.3 Å². The first kappa shape index (κ1) is 14.9. The highest BCUT2D eigenvalue weighted by atomic mass is 35.5. The van der Waals surface area contributed by atoms with Crippen LogP contribution in [0.15, 0.2) is 6.20 Å². The number of hydrogen-bond donors (Lipinski definition) is 2. The Hall–Kier alpha value is -1.11. The molecule has 0 radical (unpaired) electrons. The molecule has 0 aliphatic rings. The average Bonchev–Trinajstić information content (AvgIpc) is 2.38. The van der Waals surface area contributed by atoms with Crippen molar-refractivity contribution in [1.29, 1.82) is 0 Å². The van der Waals surface area contributed by atoms with Gasteiger partial charge in [0.2, 0.25) is 5.95 Å². The zero-order valence-corrected chi connectivity index (χ0v) is 11.8. The SMILES string of the molecule is CNc1ncc(Cl)c(NCCN(C)CCOC)n1. The van der Waals surface area contributed by atoms with Crippen molar-refractivity contribution < 1.29 is 4.74 Å². The van der Waals surface area contributed by atoms with Gasteiger partial charge in [-0.15, -0.1) is 0 Å². The van der Waals surface area contributed by atoms with Gasteiger partial charge in [-0.25, -0.2) is 4.98 Å². The first-order valence-electron chi connectivity index (χ1n) is 5.79. The minimum absolute atomic E-state index is 0.522. The molecule has 1 rings (SSSR count). The van der Waals surface area contributed by atoms with Crippen LogP contribution < -0.4 is 10.6 Å². The van der Waals surface area contributed by atoms with Crippen LogP contribution >= 0.6 is 11.6 Å². The monoisotopic (exact) mass is 273 g/mol. The number of nitrogens with zero attached hydrogens (tertiary/aromatic N) is 3. The summed E-state index contributed by atoms with van der Waals surface area (Å²) in [4.78, 5) is 10.4. The van der Waals surface area contributed by atoms with E-state index in [9.17, 15) is 0 Å². The van der Waals surface area contributed by atoms with Crippen molar-refractivity contribution in [3.8, 4) is 0 Å². The maximum atomic E-state index is 6.00. The molecule has 0 saturated carbocycles. The molecule has 2 N–H and O–H groups in total. The fourth-order valence-corrected chi connectivity index (χ4v) is 1.49. The fraction of sp³-hybridized carbons (Fsp3) is 0.636. The summed E-state index contributed by atoms with van der Waals surface area (Å²) < 4.78 is 5.01. The van der Waals surface area contributed by atoms with Crippen LogP contribution in [-0.2, 0) is 4.74 Å². The predicted molar refractivity (Wildman–Crippen MR) is 74.5 cm³/mol. The minimum atomic E-state index is 0.522. The Kier molecular flexibility index (Phi) is 6.70. The zero-order chi connectivity index (χ0) is 13.4. The number of likely N-dealkylation sites (N-methyl/N-ethyl adjacent to an activating group) is 1. The van der Waals surface area contributed by atoms with E-state index in [1.807, 2.05) is 7.05 Å². The van der Waals surface area contributed by atoms with E-state index in [-0.39, 0.29) is 0 Å². The van der Waals surface area contributed by atoms with E-state index in [1.54, 1.807) is 20.4 Å². The van der Waals surface area contributed by atoms with Crippen LogP contribution in [0.3, 0.4) is 0 Å². The molecular weight excluding hydrogens is 254 g/mol. The average molecular weight is 274 g/mol. The van der Waals surface area contributed by atoms with Gasteiger partial charge in [0.05, 0.1) is 12.8 Å². The molecule has 0 unspecified atom stereocenters. The standard InChI is InChI=1S/C11H20ClN5O/c1-13-11-15-8-9(12)10(16-11)14-4-5-17(2)6-7-18-3/h8H,4-7H2,1-3H3,(H2,13,14,15,16). The van der Waals surface area contributed by atoms with E-state index >= 15 is 0 Å². The van der Waals surface area contributed by atoms with Gasteiger partial charge in [-0.05, 0) is 7.05 Å². The molecular formula is C11H20ClN5O. The first-order valence-corrected chi connectivity index (χ1v) is 6.16. The Bertz CT molecular complexity index is 363. The Morgan fingerprint density at radius 1 is 1.44 bits per heavy atom. The molecule has 0 spiro atoms. The molecule has 0 aliphatic heterocycles. The van der Waals surface area contributed by atoms with E-state index in [1.165, 1.54) is 0 Å². The number of aromatic nitrogens is 2. The van der Waals surface area contributed by atoms with Gasteiger partial charge in [-0.3, -0.25) is 0 Å². The number of nitrogens with one attached hydrogen (secondary N) is 2. The van der Waals surface area contributed by atoms with Crippen molar-refractivity contribution in [2.45, 2.75) is 0 Å².